The van der Waals surface area contributed by atoms with Gasteiger partial charge < -0.3 is 14.4 Å². The van der Waals surface area contributed by atoms with E-state index in [1.807, 2.05) is 0 Å². The number of benzene rings is 1. The Balaban J connectivity index is 1.79. The second kappa shape index (κ2) is 7.36. The van der Waals surface area contributed by atoms with Crippen molar-refractivity contribution in [2.75, 3.05) is 33.4 Å². The standard InChI is InChI=1S/C15H20FNO3/c1-19-7-8-20-14-5-6-17(11-14)15(18)10-12-3-2-4-13(16)9-12/h2-4,9,14H,5-8,10-11H2,1H3. The van der Waals surface area contributed by atoms with E-state index in [1.165, 1.54) is 12.1 Å². The van der Waals surface area contributed by atoms with Crippen LogP contribution >= 0.6 is 0 Å². The molecule has 0 saturated carbocycles. The highest BCUT2D eigenvalue weighted by Crippen LogP contribution is 2.15. The molecule has 1 amide bonds. The first kappa shape index (κ1) is 14.9. The lowest BCUT2D eigenvalue weighted by atomic mass is 10.1. The highest BCUT2D eigenvalue weighted by atomic mass is 19.1. The van der Waals surface area contributed by atoms with Crippen LogP contribution in [0.2, 0.25) is 0 Å². The van der Waals surface area contributed by atoms with Crippen molar-refractivity contribution in [1.29, 1.82) is 0 Å². The van der Waals surface area contributed by atoms with E-state index in [1.54, 1.807) is 24.1 Å². The number of hydrogen-bond donors (Lipinski definition) is 0. The van der Waals surface area contributed by atoms with Crippen LogP contribution in [0.1, 0.15) is 12.0 Å². The maximum atomic E-state index is 13.1. The van der Waals surface area contributed by atoms with Gasteiger partial charge in [0, 0.05) is 20.2 Å². The van der Waals surface area contributed by atoms with Crippen molar-refractivity contribution in [2.45, 2.75) is 18.9 Å². The fraction of sp³-hybridized carbons (Fsp3) is 0.533. The molecule has 1 aliphatic heterocycles. The third-order valence-electron chi connectivity index (χ3n) is 3.38. The lowest BCUT2D eigenvalue weighted by molar-refractivity contribution is -0.130. The minimum Gasteiger partial charge on any atom is -0.382 e. The lowest BCUT2D eigenvalue weighted by Gasteiger charge is -2.16. The molecule has 1 saturated heterocycles. The van der Waals surface area contributed by atoms with Crippen molar-refractivity contribution in [3.8, 4) is 0 Å². The minimum absolute atomic E-state index is 0.0217. The number of amides is 1. The first-order valence-electron chi connectivity index (χ1n) is 6.82. The number of nitrogens with zero attached hydrogens (tertiary/aromatic N) is 1. The second-order valence-electron chi connectivity index (χ2n) is 4.92. The molecule has 0 spiro atoms. The first-order valence-corrected chi connectivity index (χ1v) is 6.82. The zero-order valence-electron chi connectivity index (χ0n) is 11.7. The highest BCUT2D eigenvalue weighted by molar-refractivity contribution is 5.79. The van der Waals surface area contributed by atoms with Gasteiger partial charge in [-0.05, 0) is 24.1 Å². The Morgan fingerprint density at radius 1 is 1.45 bits per heavy atom. The summed E-state index contributed by atoms with van der Waals surface area (Å²) in [5.41, 5.74) is 0.707. The first-order chi connectivity index (χ1) is 9.69. The normalized spacial score (nSPS) is 18.5. The summed E-state index contributed by atoms with van der Waals surface area (Å²) in [5.74, 6) is -0.286. The Morgan fingerprint density at radius 2 is 2.30 bits per heavy atom. The van der Waals surface area contributed by atoms with Gasteiger partial charge in [-0.15, -0.1) is 0 Å². The maximum absolute atomic E-state index is 13.1. The Morgan fingerprint density at radius 3 is 3.05 bits per heavy atom. The maximum Gasteiger partial charge on any atom is 0.227 e. The number of methoxy groups -OCH3 is 1. The molecule has 1 atom stereocenters. The van der Waals surface area contributed by atoms with Gasteiger partial charge in [0.15, 0.2) is 0 Å². The van der Waals surface area contributed by atoms with E-state index in [-0.39, 0.29) is 24.2 Å². The predicted molar refractivity (Wildman–Crippen MR) is 72.9 cm³/mol. The van der Waals surface area contributed by atoms with Gasteiger partial charge >= 0.3 is 0 Å². The molecule has 0 bridgehead atoms. The molecule has 1 heterocycles. The van der Waals surface area contributed by atoms with E-state index in [0.29, 0.717) is 31.9 Å². The molecule has 0 radical (unpaired) electrons. The Labute approximate surface area is 118 Å². The third-order valence-corrected chi connectivity index (χ3v) is 3.38. The molecule has 5 heteroatoms. The molecule has 0 aliphatic carbocycles. The summed E-state index contributed by atoms with van der Waals surface area (Å²) in [6, 6.07) is 6.17. The topological polar surface area (TPSA) is 38.8 Å². The molecule has 4 nitrogen and oxygen atoms in total. The van der Waals surface area contributed by atoms with Crippen molar-refractivity contribution in [1.82, 2.24) is 4.90 Å². The Kier molecular flexibility index (Phi) is 5.49. The number of hydrogen-bond acceptors (Lipinski definition) is 3. The van der Waals surface area contributed by atoms with Gasteiger partial charge in [0.1, 0.15) is 5.82 Å². The summed E-state index contributed by atoms with van der Waals surface area (Å²) in [5, 5.41) is 0. The molecule has 0 aromatic heterocycles. The molecule has 1 aromatic rings. The summed E-state index contributed by atoms with van der Waals surface area (Å²) >= 11 is 0. The fourth-order valence-corrected chi connectivity index (χ4v) is 2.32. The molecule has 1 fully saturated rings. The number of carbonyl (C=O) groups excluding carboxylic acids is 1. The highest BCUT2D eigenvalue weighted by Gasteiger charge is 2.26. The van der Waals surface area contributed by atoms with Crippen molar-refractivity contribution in [3.05, 3.63) is 35.6 Å². The van der Waals surface area contributed by atoms with Crippen LogP contribution < -0.4 is 0 Å². The second-order valence-corrected chi connectivity index (χ2v) is 4.92. The van der Waals surface area contributed by atoms with E-state index in [2.05, 4.69) is 0 Å². The molecule has 1 unspecified atom stereocenters. The summed E-state index contributed by atoms with van der Waals surface area (Å²) < 4.78 is 23.6. The van der Waals surface area contributed by atoms with Gasteiger partial charge in [0.05, 0.1) is 25.7 Å². The van der Waals surface area contributed by atoms with Crippen LogP contribution in [0.4, 0.5) is 4.39 Å². The zero-order valence-corrected chi connectivity index (χ0v) is 11.7. The average molecular weight is 281 g/mol. The third kappa shape index (κ3) is 4.28. The van der Waals surface area contributed by atoms with Gasteiger partial charge in [-0.25, -0.2) is 4.39 Å². The van der Waals surface area contributed by atoms with Crippen LogP contribution in [0.5, 0.6) is 0 Å². The van der Waals surface area contributed by atoms with Crippen LogP contribution in [0, 0.1) is 5.82 Å². The summed E-state index contributed by atoms with van der Waals surface area (Å²) in [6.45, 7) is 2.42. The van der Waals surface area contributed by atoms with E-state index in [4.69, 9.17) is 9.47 Å². The number of likely N-dealkylation sites (tertiary alicyclic amines) is 1. The molecular formula is C15H20FNO3. The van der Waals surface area contributed by atoms with Crippen LogP contribution in [0.15, 0.2) is 24.3 Å². The lowest BCUT2D eigenvalue weighted by Crippen LogP contribution is -2.31. The number of rotatable bonds is 6. The average Bonchev–Trinajstić information content (AvgIpc) is 2.88. The largest absolute Gasteiger partial charge is 0.382 e. The van der Waals surface area contributed by atoms with Crippen LogP contribution in [0.3, 0.4) is 0 Å². The van der Waals surface area contributed by atoms with Gasteiger partial charge in [0.25, 0.3) is 0 Å². The summed E-state index contributed by atoms with van der Waals surface area (Å²) in [4.78, 5) is 13.9. The van der Waals surface area contributed by atoms with Gasteiger partial charge in [-0.1, -0.05) is 12.1 Å². The van der Waals surface area contributed by atoms with Crippen molar-refractivity contribution >= 4 is 5.91 Å². The van der Waals surface area contributed by atoms with E-state index in [0.717, 1.165) is 6.42 Å². The molecule has 1 aromatic carbocycles. The predicted octanol–water partition coefficient (Wildman–Crippen LogP) is 1.63. The van der Waals surface area contributed by atoms with Crippen molar-refractivity contribution in [3.63, 3.8) is 0 Å². The van der Waals surface area contributed by atoms with Crippen molar-refractivity contribution < 1.29 is 18.7 Å². The Hall–Kier alpha value is -1.46. The number of ether oxygens (including phenoxy) is 2. The summed E-state index contributed by atoms with van der Waals surface area (Å²) in [7, 11) is 1.63. The molecule has 20 heavy (non-hydrogen) atoms. The van der Waals surface area contributed by atoms with E-state index < -0.39 is 0 Å². The van der Waals surface area contributed by atoms with Crippen LogP contribution in [0.25, 0.3) is 0 Å². The molecular weight excluding hydrogens is 261 g/mol. The summed E-state index contributed by atoms with van der Waals surface area (Å²) in [6.07, 6.45) is 1.17. The van der Waals surface area contributed by atoms with E-state index in [9.17, 15) is 9.18 Å². The molecule has 0 N–H and O–H groups in total. The monoisotopic (exact) mass is 281 g/mol. The van der Waals surface area contributed by atoms with Gasteiger partial charge in [-0.3, -0.25) is 4.79 Å². The molecule has 110 valence electrons. The van der Waals surface area contributed by atoms with Crippen LogP contribution in [-0.2, 0) is 20.7 Å². The van der Waals surface area contributed by atoms with Crippen LogP contribution in [-0.4, -0.2) is 50.3 Å². The minimum atomic E-state index is -0.308. The SMILES string of the molecule is COCCOC1CCN(C(=O)Cc2cccc(F)c2)C1. The zero-order chi connectivity index (χ0) is 14.4. The quantitative estimate of drug-likeness (QED) is 0.744. The van der Waals surface area contributed by atoms with E-state index >= 15 is 0 Å². The fourth-order valence-electron chi connectivity index (χ4n) is 2.32. The molecule has 1 aliphatic rings. The van der Waals surface area contributed by atoms with Gasteiger partial charge in [-0.2, -0.15) is 0 Å². The van der Waals surface area contributed by atoms with Gasteiger partial charge in [0.2, 0.25) is 5.91 Å². The van der Waals surface area contributed by atoms with Crippen molar-refractivity contribution in [2.24, 2.45) is 0 Å². The number of halogens is 1. The smallest absolute Gasteiger partial charge is 0.227 e. The molecule has 2 rings (SSSR count). The number of carbonyl (C=O) groups is 1. The Bertz CT molecular complexity index is 452.